The molecule has 2 heteroatoms. The van der Waals surface area contributed by atoms with Crippen LogP contribution in [0.15, 0.2) is 30.8 Å². The van der Waals surface area contributed by atoms with Gasteiger partial charge in [0.05, 0.1) is 6.10 Å². The minimum atomic E-state index is -0.215. The Labute approximate surface area is 89.8 Å². The summed E-state index contributed by atoms with van der Waals surface area (Å²) in [4.78, 5) is 0. The average Bonchev–Trinajstić information content (AvgIpc) is 2.18. The van der Waals surface area contributed by atoms with E-state index in [1.807, 2.05) is 13.0 Å². The maximum absolute atomic E-state index is 9.08. The number of rotatable bonds is 5. The molecule has 1 atom stereocenters. The largest absolute Gasteiger partial charge is 0.393 e. The maximum Gasteiger partial charge on any atom is 0.0602 e. The molecule has 1 unspecified atom stereocenters. The highest BCUT2D eigenvalue weighted by Crippen LogP contribution is 2.14. The summed E-state index contributed by atoms with van der Waals surface area (Å²) in [6.07, 6.45) is 1.62. The second-order valence-corrected chi connectivity index (χ2v) is 4.34. The van der Waals surface area contributed by atoms with Gasteiger partial charge >= 0.3 is 0 Å². The number of aliphatic hydroxyl groups is 1. The maximum atomic E-state index is 9.08. The number of thioether (sulfide) groups is 1. The second kappa shape index (κ2) is 5.89. The summed E-state index contributed by atoms with van der Waals surface area (Å²) in [5.74, 6) is 1.76. The Morgan fingerprint density at radius 3 is 2.57 bits per heavy atom. The Morgan fingerprint density at radius 2 is 2.07 bits per heavy atom. The molecule has 0 aliphatic heterocycles. The summed E-state index contributed by atoms with van der Waals surface area (Å²) in [5, 5.41) is 9.08. The third kappa shape index (κ3) is 3.99. The van der Waals surface area contributed by atoms with Crippen molar-refractivity contribution in [1.82, 2.24) is 0 Å². The third-order valence-corrected chi connectivity index (χ3v) is 3.10. The first-order valence-electron chi connectivity index (χ1n) is 4.69. The zero-order valence-corrected chi connectivity index (χ0v) is 9.26. The minimum Gasteiger partial charge on any atom is -0.393 e. The van der Waals surface area contributed by atoms with E-state index in [9.17, 15) is 0 Å². The molecular weight excluding hydrogens is 192 g/mol. The van der Waals surface area contributed by atoms with Crippen molar-refractivity contribution in [1.29, 1.82) is 0 Å². The molecule has 0 spiro atoms. The lowest BCUT2D eigenvalue weighted by Gasteiger charge is -2.04. The van der Waals surface area contributed by atoms with E-state index in [0.717, 1.165) is 17.1 Å². The molecule has 0 radical (unpaired) electrons. The topological polar surface area (TPSA) is 20.2 Å². The van der Waals surface area contributed by atoms with Crippen LogP contribution in [0.5, 0.6) is 0 Å². The Hall–Kier alpha value is -0.730. The molecule has 76 valence electrons. The first kappa shape index (κ1) is 11.3. The summed E-state index contributed by atoms with van der Waals surface area (Å²) in [5.41, 5.74) is 2.44. The van der Waals surface area contributed by atoms with Crippen LogP contribution in [-0.2, 0) is 5.75 Å². The Morgan fingerprint density at radius 1 is 1.43 bits per heavy atom. The highest BCUT2D eigenvalue weighted by Gasteiger charge is 1.97. The van der Waals surface area contributed by atoms with Crippen LogP contribution in [0.3, 0.4) is 0 Å². The molecule has 0 aliphatic rings. The van der Waals surface area contributed by atoms with Crippen molar-refractivity contribution >= 4 is 17.8 Å². The van der Waals surface area contributed by atoms with Gasteiger partial charge in [0.25, 0.3) is 0 Å². The van der Waals surface area contributed by atoms with Crippen LogP contribution in [0.25, 0.3) is 6.08 Å². The van der Waals surface area contributed by atoms with Gasteiger partial charge in [0.2, 0.25) is 0 Å². The van der Waals surface area contributed by atoms with Crippen molar-refractivity contribution in [2.45, 2.75) is 18.8 Å². The predicted octanol–water partition coefficient (Wildman–Crippen LogP) is 2.94. The summed E-state index contributed by atoms with van der Waals surface area (Å²) in [6, 6.07) is 8.33. The van der Waals surface area contributed by atoms with E-state index in [4.69, 9.17) is 5.11 Å². The lowest BCUT2D eigenvalue weighted by Crippen LogP contribution is -2.02. The number of hydrogen-bond acceptors (Lipinski definition) is 2. The number of aliphatic hydroxyl groups excluding tert-OH is 1. The smallest absolute Gasteiger partial charge is 0.0602 e. The van der Waals surface area contributed by atoms with Crippen molar-refractivity contribution in [3.8, 4) is 0 Å². The number of hydrogen-bond donors (Lipinski definition) is 1. The van der Waals surface area contributed by atoms with Gasteiger partial charge in [-0.15, -0.1) is 0 Å². The van der Waals surface area contributed by atoms with Crippen molar-refractivity contribution in [3.05, 3.63) is 42.0 Å². The molecule has 1 rings (SSSR count). The zero-order valence-electron chi connectivity index (χ0n) is 8.44. The van der Waals surface area contributed by atoms with Gasteiger partial charge in [0.1, 0.15) is 0 Å². The summed E-state index contributed by atoms with van der Waals surface area (Å²) >= 11 is 1.75. The molecule has 1 aromatic carbocycles. The second-order valence-electron chi connectivity index (χ2n) is 3.31. The number of benzene rings is 1. The molecule has 0 saturated carbocycles. The van der Waals surface area contributed by atoms with Crippen molar-refractivity contribution in [3.63, 3.8) is 0 Å². The molecule has 0 fully saturated rings. The van der Waals surface area contributed by atoms with E-state index in [1.54, 1.807) is 11.8 Å². The minimum absolute atomic E-state index is 0.215. The van der Waals surface area contributed by atoms with Crippen molar-refractivity contribution in [2.24, 2.45) is 0 Å². The molecule has 0 heterocycles. The van der Waals surface area contributed by atoms with E-state index in [2.05, 4.69) is 30.8 Å². The molecule has 0 amide bonds. The fraction of sp³-hybridized carbons (Fsp3) is 0.333. The van der Waals surface area contributed by atoms with Crippen LogP contribution in [0.1, 0.15) is 18.1 Å². The molecule has 1 nitrogen and oxygen atoms in total. The van der Waals surface area contributed by atoms with Crippen LogP contribution in [0.2, 0.25) is 0 Å². The average molecular weight is 208 g/mol. The van der Waals surface area contributed by atoms with Gasteiger partial charge in [-0.25, -0.2) is 0 Å². The standard InChI is InChI=1S/C12H16OS/c1-3-11-4-6-12(7-5-11)9-14-8-10(2)13/h3-7,10,13H,1,8-9H2,2H3. The van der Waals surface area contributed by atoms with Gasteiger partial charge in [0.15, 0.2) is 0 Å². The van der Waals surface area contributed by atoms with Gasteiger partial charge in [-0.1, -0.05) is 36.9 Å². The fourth-order valence-electron chi connectivity index (χ4n) is 1.10. The van der Waals surface area contributed by atoms with Crippen LogP contribution in [-0.4, -0.2) is 17.0 Å². The predicted molar refractivity (Wildman–Crippen MR) is 64.4 cm³/mol. The van der Waals surface area contributed by atoms with Crippen LogP contribution in [0, 0.1) is 0 Å². The van der Waals surface area contributed by atoms with E-state index >= 15 is 0 Å². The van der Waals surface area contributed by atoms with Crippen LogP contribution >= 0.6 is 11.8 Å². The van der Waals surface area contributed by atoms with Crippen molar-refractivity contribution < 1.29 is 5.11 Å². The van der Waals surface area contributed by atoms with Gasteiger partial charge in [-0.2, -0.15) is 11.8 Å². The summed E-state index contributed by atoms with van der Waals surface area (Å²) in [7, 11) is 0. The van der Waals surface area contributed by atoms with E-state index in [-0.39, 0.29) is 6.10 Å². The molecule has 0 bridgehead atoms. The lowest BCUT2D eigenvalue weighted by molar-refractivity contribution is 0.220. The van der Waals surface area contributed by atoms with Gasteiger partial charge in [-0.05, 0) is 18.1 Å². The quantitative estimate of drug-likeness (QED) is 0.803. The van der Waals surface area contributed by atoms with Crippen LogP contribution < -0.4 is 0 Å². The molecule has 0 aromatic heterocycles. The molecule has 1 aromatic rings. The van der Waals surface area contributed by atoms with Gasteiger partial charge in [-0.3, -0.25) is 0 Å². The molecule has 1 N–H and O–H groups in total. The first-order chi connectivity index (χ1) is 6.72. The van der Waals surface area contributed by atoms with E-state index in [1.165, 1.54) is 5.56 Å². The molecule has 0 aliphatic carbocycles. The van der Waals surface area contributed by atoms with Crippen molar-refractivity contribution in [2.75, 3.05) is 5.75 Å². The highest BCUT2D eigenvalue weighted by molar-refractivity contribution is 7.98. The Balaban J connectivity index is 2.40. The van der Waals surface area contributed by atoms with Gasteiger partial charge < -0.3 is 5.11 Å². The summed E-state index contributed by atoms with van der Waals surface area (Å²) < 4.78 is 0. The van der Waals surface area contributed by atoms with Gasteiger partial charge in [0, 0.05) is 11.5 Å². The highest BCUT2D eigenvalue weighted by atomic mass is 32.2. The zero-order chi connectivity index (χ0) is 10.4. The van der Waals surface area contributed by atoms with Crippen LogP contribution in [0.4, 0.5) is 0 Å². The normalized spacial score (nSPS) is 12.4. The Kier molecular flexibility index (Phi) is 4.77. The monoisotopic (exact) mass is 208 g/mol. The fourth-order valence-corrected chi connectivity index (χ4v) is 1.98. The first-order valence-corrected chi connectivity index (χ1v) is 5.85. The van der Waals surface area contributed by atoms with E-state index in [0.29, 0.717) is 0 Å². The lowest BCUT2D eigenvalue weighted by atomic mass is 10.1. The molecule has 0 saturated heterocycles. The Bertz CT molecular complexity index is 277. The molecular formula is C12H16OS. The SMILES string of the molecule is C=Cc1ccc(CSCC(C)O)cc1. The third-order valence-electron chi connectivity index (χ3n) is 1.84. The molecule has 14 heavy (non-hydrogen) atoms. The van der Waals surface area contributed by atoms with E-state index < -0.39 is 0 Å². The summed E-state index contributed by atoms with van der Waals surface area (Å²) in [6.45, 7) is 5.52.